The third-order valence-corrected chi connectivity index (χ3v) is 10.2. The van der Waals surface area contributed by atoms with Crippen LogP contribution < -0.4 is 10.0 Å². The van der Waals surface area contributed by atoms with E-state index in [1.807, 2.05) is 18.2 Å². The van der Waals surface area contributed by atoms with E-state index in [9.17, 15) is 9.18 Å². The summed E-state index contributed by atoms with van der Waals surface area (Å²) < 4.78 is 26.3. The Hall–Kier alpha value is -3.33. The van der Waals surface area contributed by atoms with Crippen LogP contribution in [-0.2, 0) is 22.7 Å². The maximum absolute atomic E-state index is 14.3. The van der Waals surface area contributed by atoms with Crippen molar-refractivity contribution in [1.82, 2.24) is 0 Å². The lowest BCUT2D eigenvalue weighted by atomic mass is 9.84. The number of carbonyl (C=O) groups excluding carboxylic acids is 1. The number of methoxy groups -OCH3 is 1. The molecule has 4 aromatic carbocycles. The third-order valence-electron chi connectivity index (χ3n) is 8.10. The summed E-state index contributed by atoms with van der Waals surface area (Å²) in [7, 11) is 1.91. The molecule has 0 spiro atoms. The molecular formula is C38H44FO3P. The molecule has 4 aromatic rings. The van der Waals surface area contributed by atoms with Crippen LogP contribution in [0.1, 0.15) is 91.1 Å². The number of hydrogen-bond acceptors (Lipinski definition) is 3. The number of hydrogen-bond donors (Lipinski definition) is 0. The highest BCUT2D eigenvalue weighted by Crippen LogP contribution is 2.53. The second-order valence-corrected chi connectivity index (χ2v) is 13.0. The van der Waals surface area contributed by atoms with Crippen molar-refractivity contribution in [2.24, 2.45) is 0 Å². The maximum atomic E-state index is 14.3. The lowest BCUT2D eigenvalue weighted by molar-refractivity contribution is 0.0492. The monoisotopic (exact) mass is 598 g/mol. The van der Waals surface area contributed by atoms with Gasteiger partial charge in [-0.05, 0) is 65.9 Å². The van der Waals surface area contributed by atoms with Crippen LogP contribution in [0, 0.1) is 5.82 Å². The van der Waals surface area contributed by atoms with Crippen LogP contribution in [0.4, 0.5) is 4.39 Å². The zero-order valence-electron chi connectivity index (χ0n) is 25.9. The first kappa shape index (κ1) is 32.6. The zero-order chi connectivity index (χ0) is 30.7. The quantitative estimate of drug-likeness (QED) is 0.0558. The highest BCUT2D eigenvalue weighted by atomic mass is 31.1. The van der Waals surface area contributed by atoms with E-state index in [1.54, 1.807) is 7.11 Å². The van der Waals surface area contributed by atoms with E-state index < -0.39 is 0 Å². The molecular weight excluding hydrogens is 554 g/mol. The Morgan fingerprint density at radius 1 is 0.837 bits per heavy atom. The van der Waals surface area contributed by atoms with Gasteiger partial charge < -0.3 is 9.47 Å². The van der Waals surface area contributed by atoms with Crippen molar-refractivity contribution in [1.29, 1.82) is 0 Å². The summed E-state index contributed by atoms with van der Waals surface area (Å²) in [5.41, 5.74) is 6.42. The van der Waals surface area contributed by atoms with Crippen molar-refractivity contribution >= 4 is 19.7 Å². The van der Waals surface area contributed by atoms with Gasteiger partial charge in [-0.15, -0.1) is 0 Å². The highest BCUT2D eigenvalue weighted by molar-refractivity contribution is 7.48. The topological polar surface area (TPSA) is 35.5 Å². The van der Waals surface area contributed by atoms with Crippen molar-refractivity contribution in [3.63, 3.8) is 0 Å². The predicted octanol–water partition coefficient (Wildman–Crippen LogP) is 9.38. The summed E-state index contributed by atoms with van der Waals surface area (Å²) in [5.74, 6) is 0.366. The van der Waals surface area contributed by atoms with Gasteiger partial charge in [0.2, 0.25) is 0 Å². The van der Waals surface area contributed by atoms with Crippen molar-refractivity contribution < 1.29 is 18.7 Å². The molecule has 2 atom stereocenters. The van der Waals surface area contributed by atoms with Crippen LogP contribution in [0.5, 0.6) is 5.75 Å². The molecule has 0 aliphatic carbocycles. The minimum Gasteiger partial charge on any atom is -0.467 e. The molecule has 43 heavy (non-hydrogen) atoms. The van der Waals surface area contributed by atoms with E-state index in [4.69, 9.17) is 9.47 Å². The molecule has 0 heterocycles. The van der Waals surface area contributed by atoms with Gasteiger partial charge in [0.25, 0.3) is 0 Å². The van der Waals surface area contributed by atoms with E-state index >= 15 is 0 Å². The van der Waals surface area contributed by atoms with Crippen LogP contribution in [0.2, 0.25) is 0 Å². The summed E-state index contributed by atoms with van der Waals surface area (Å²) in [6.07, 6.45) is 6.59. The number of ketones is 1. The first-order valence-electron chi connectivity index (χ1n) is 15.3. The Balaban J connectivity index is 1.95. The van der Waals surface area contributed by atoms with Gasteiger partial charge in [-0.25, -0.2) is 4.39 Å². The number of benzene rings is 4. The van der Waals surface area contributed by atoms with Gasteiger partial charge in [0.05, 0.1) is 0 Å². The first-order valence-corrected chi connectivity index (χ1v) is 16.3. The predicted molar refractivity (Wildman–Crippen MR) is 178 cm³/mol. The normalized spacial score (nSPS) is 12.9. The lowest BCUT2D eigenvalue weighted by Gasteiger charge is -2.37. The number of Topliss-reactive ketones (excluding diaryl/α,β-unsaturated/α-hetero) is 1. The van der Waals surface area contributed by atoms with Crippen LogP contribution in [-0.4, -0.2) is 19.7 Å². The Kier molecular flexibility index (Phi) is 12.1. The van der Waals surface area contributed by atoms with Crippen LogP contribution >= 0.6 is 8.58 Å². The summed E-state index contributed by atoms with van der Waals surface area (Å²) >= 11 is 0. The fourth-order valence-electron chi connectivity index (χ4n) is 5.85. The van der Waals surface area contributed by atoms with Crippen molar-refractivity contribution in [3.8, 4) is 5.75 Å². The molecule has 0 bridgehead atoms. The van der Waals surface area contributed by atoms with Gasteiger partial charge in [-0.1, -0.05) is 121 Å². The van der Waals surface area contributed by atoms with E-state index in [1.165, 1.54) is 35.7 Å². The largest absolute Gasteiger partial charge is 0.467 e. The minimum absolute atomic E-state index is 0.112. The van der Waals surface area contributed by atoms with Gasteiger partial charge in [0.1, 0.15) is 11.6 Å². The Morgan fingerprint density at radius 3 is 2.12 bits per heavy atom. The molecule has 0 saturated heterocycles. The van der Waals surface area contributed by atoms with Gasteiger partial charge >= 0.3 is 0 Å². The maximum Gasteiger partial charge on any atom is 0.188 e. The van der Waals surface area contributed by atoms with Crippen molar-refractivity contribution in [2.75, 3.05) is 13.9 Å². The standard InChI is InChI=1S/C38H44FO3P/c1-5-7-14-21-38(6-2,43-36-20-19-33(39)26-34(36)28(3)40)35-25-31(22-29-15-10-8-11-16-29)24-32(37(35)42-27-41-4)23-30-17-12-9-13-18-30/h8-13,15-20,24-26,43H,5-7,14,21-23,27H2,1-4H3. The van der Waals surface area contributed by atoms with Gasteiger partial charge in [0.15, 0.2) is 12.6 Å². The van der Waals surface area contributed by atoms with Crippen LogP contribution in [0.15, 0.2) is 91.0 Å². The number of halogens is 1. The smallest absolute Gasteiger partial charge is 0.188 e. The summed E-state index contributed by atoms with van der Waals surface area (Å²) in [6, 6.07) is 30.3. The Labute approximate surface area is 258 Å². The Morgan fingerprint density at radius 2 is 1.51 bits per heavy atom. The molecule has 2 unspecified atom stereocenters. The Bertz CT molecular complexity index is 1470. The van der Waals surface area contributed by atoms with E-state index in [-0.39, 0.29) is 32.1 Å². The van der Waals surface area contributed by atoms with E-state index in [0.29, 0.717) is 5.56 Å². The molecule has 0 aliphatic heterocycles. The van der Waals surface area contributed by atoms with Crippen molar-refractivity contribution in [2.45, 2.75) is 70.9 Å². The SMILES string of the molecule is CCCCCC(CC)(Pc1ccc(F)cc1C(C)=O)c1cc(Cc2ccccc2)cc(Cc2ccccc2)c1OCOC. The highest BCUT2D eigenvalue weighted by Gasteiger charge is 2.36. The molecule has 3 nitrogen and oxygen atoms in total. The molecule has 0 aromatic heterocycles. The van der Waals surface area contributed by atoms with Gasteiger partial charge in [0, 0.05) is 29.8 Å². The number of unbranched alkanes of at least 4 members (excludes halogenated alkanes) is 2. The summed E-state index contributed by atoms with van der Waals surface area (Å²) in [5, 5.41) is 0.598. The average molecular weight is 599 g/mol. The molecule has 4 rings (SSSR count). The lowest BCUT2D eigenvalue weighted by Crippen LogP contribution is -2.26. The molecule has 0 saturated carbocycles. The number of ether oxygens (including phenoxy) is 2. The molecule has 0 aliphatic rings. The minimum atomic E-state index is -0.383. The number of carbonyl (C=O) groups is 1. The fourth-order valence-corrected chi connectivity index (χ4v) is 7.71. The molecule has 0 N–H and O–H groups in total. The second kappa shape index (κ2) is 15.9. The fraction of sp³-hybridized carbons (Fsp3) is 0.342. The van der Waals surface area contributed by atoms with E-state index in [2.05, 4.69) is 74.5 Å². The molecule has 5 heteroatoms. The first-order chi connectivity index (χ1) is 20.9. The van der Waals surface area contributed by atoms with Crippen LogP contribution in [0.25, 0.3) is 0 Å². The zero-order valence-corrected chi connectivity index (χ0v) is 26.9. The molecule has 226 valence electrons. The summed E-state index contributed by atoms with van der Waals surface area (Å²) in [6.45, 7) is 6.12. The average Bonchev–Trinajstić information content (AvgIpc) is 3.01. The molecule has 0 radical (unpaired) electrons. The van der Waals surface area contributed by atoms with E-state index in [0.717, 1.165) is 67.1 Å². The third kappa shape index (κ3) is 8.62. The number of rotatable bonds is 16. The van der Waals surface area contributed by atoms with Gasteiger partial charge in [-0.2, -0.15) is 0 Å². The van der Waals surface area contributed by atoms with Crippen LogP contribution in [0.3, 0.4) is 0 Å². The molecule has 0 fully saturated rings. The van der Waals surface area contributed by atoms with Gasteiger partial charge in [-0.3, -0.25) is 4.79 Å². The molecule has 0 amide bonds. The summed E-state index contributed by atoms with van der Waals surface area (Å²) in [4.78, 5) is 12.7. The second-order valence-electron chi connectivity index (χ2n) is 11.3. The van der Waals surface area contributed by atoms with Crippen molar-refractivity contribution in [3.05, 3.63) is 130 Å².